The average Bonchev–Trinajstić information content (AvgIpc) is 3.91. The predicted molar refractivity (Wildman–Crippen MR) is 227 cm³/mol. The Hall–Kier alpha value is -4.02. The van der Waals surface area contributed by atoms with Crippen LogP contribution in [0.3, 0.4) is 0 Å². The van der Waals surface area contributed by atoms with Gasteiger partial charge in [-0.2, -0.15) is 11.4 Å². The molecule has 3 aliphatic rings. The van der Waals surface area contributed by atoms with E-state index in [9.17, 15) is 14.4 Å². The van der Waals surface area contributed by atoms with Gasteiger partial charge >= 0.3 is 35.0 Å². The van der Waals surface area contributed by atoms with Crippen LogP contribution in [0.25, 0.3) is 29.1 Å². The fourth-order valence-electron chi connectivity index (χ4n) is 8.96. The fraction of sp³-hybridized carbons (Fsp3) is 0.511. The summed E-state index contributed by atoms with van der Waals surface area (Å²) in [5.74, 6) is -2.21. The van der Waals surface area contributed by atoms with Gasteiger partial charge in [0, 0.05) is 12.0 Å². The van der Waals surface area contributed by atoms with E-state index < -0.39 is 11.9 Å². The van der Waals surface area contributed by atoms with Crippen LogP contribution in [-0.2, 0) is 31.9 Å². The quantitative estimate of drug-likeness (QED) is 0.0715. The van der Waals surface area contributed by atoms with Crippen LogP contribution in [0.1, 0.15) is 147 Å². The van der Waals surface area contributed by atoms with Gasteiger partial charge in [0.15, 0.2) is 5.78 Å². The van der Waals surface area contributed by atoms with Crippen LogP contribution in [-0.4, -0.2) is 54.5 Å². The second kappa shape index (κ2) is 18.7. The van der Waals surface area contributed by atoms with E-state index in [0.29, 0.717) is 40.2 Å². The van der Waals surface area contributed by atoms with Gasteiger partial charge in [0.25, 0.3) is 0 Å². The Morgan fingerprint density at radius 3 is 2.26 bits per heavy atom. The first kappa shape index (κ1) is 44.1. The zero-order chi connectivity index (χ0) is 40.4. The van der Waals surface area contributed by atoms with Gasteiger partial charge in [-0.3, -0.25) is 14.4 Å². The van der Waals surface area contributed by atoms with Crippen molar-refractivity contribution in [3.05, 3.63) is 95.2 Å². The SMILES string of the molecule is CCC[C@@H](C)CCC/C(C)=C/COC(=O)CC[C@@H]1/C2=C3/c4[n-]c(c(C)c4C(=O)[C@@H]3C(=O)OC)/C=c3\[n-]/c(c(C)c3CC)=C\c3[n-]c(c(C)c3CC)/C=C(\[N-]2)[C@H]1C.[Mg+2]. The Kier molecular flexibility index (Phi) is 14.5. The molecule has 1 fully saturated rings. The Bertz CT molecular complexity index is 2240. The number of nitrogens with zero attached hydrogens (tertiary/aromatic N) is 4. The molecule has 6 rings (SSSR count). The number of carbonyl (C=O) groups excluding carboxylic acids is 3. The smallest absolute Gasteiger partial charge is 0.664 e. The molecule has 300 valence electrons. The third-order valence-electron chi connectivity index (χ3n) is 12.4. The number of hydrogen-bond acceptors (Lipinski definition) is 5. The summed E-state index contributed by atoms with van der Waals surface area (Å²) in [7, 11) is 1.30. The van der Waals surface area contributed by atoms with E-state index in [4.69, 9.17) is 29.7 Å². The van der Waals surface area contributed by atoms with Gasteiger partial charge in [-0.05, 0) is 83.6 Å². The summed E-state index contributed by atoms with van der Waals surface area (Å²) < 4.78 is 11.0. The van der Waals surface area contributed by atoms with E-state index in [0.717, 1.165) is 81.6 Å². The maximum Gasteiger partial charge on any atom is 2.00 e. The van der Waals surface area contributed by atoms with E-state index in [1.54, 1.807) is 0 Å². The number of esters is 2. The zero-order valence-electron chi connectivity index (χ0n) is 35.7. The summed E-state index contributed by atoms with van der Waals surface area (Å²) >= 11 is 0. The molecule has 9 nitrogen and oxygen atoms in total. The second-order valence-corrected chi connectivity index (χ2v) is 16.1. The third-order valence-corrected chi connectivity index (χ3v) is 12.4. The Morgan fingerprint density at radius 2 is 1.58 bits per heavy atom. The van der Waals surface area contributed by atoms with E-state index in [1.165, 1.54) is 31.9 Å². The number of methoxy groups -OCH3 is 1. The second-order valence-electron chi connectivity index (χ2n) is 16.1. The monoisotopic (exact) mass is 782 g/mol. The number of fused-ring (bicyclic) bond motifs is 7. The molecule has 8 bridgehead atoms. The molecule has 2 aliphatic heterocycles. The van der Waals surface area contributed by atoms with Gasteiger partial charge in [-0.1, -0.05) is 111 Å². The molecule has 1 aliphatic carbocycles. The maximum absolute atomic E-state index is 14.3. The summed E-state index contributed by atoms with van der Waals surface area (Å²) in [5, 5.41) is 6.90. The third kappa shape index (κ3) is 8.73. The van der Waals surface area contributed by atoms with Crippen LogP contribution in [0, 0.1) is 44.4 Å². The molecule has 1 saturated heterocycles. The first-order valence-electron chi connectivity index (χ1n) is 20.6. The van der Waals surface area contributed by atoms with Crippen molar-refractivity contribution in [1.82, 2.24) is 15.0 Å². The minimum atomic E-state index is -1.20. The summed E-state index contributed by atoms with van der Waals surface area (Å²) in [4.78, 5) is 56.4. The molecule has 0 unspecified atom stereocenters. The van der Waals surface area contributed by atoms with Crippen molar-refractivity contribution in [2.75, 3.05) is 13.7 Å². The first-order chi connectivity index (χ1) is 26.8. The van der Waals surface area contributed by atoms with Gasteiger partial charge in [-0.15, -0.1) is 33.5 Å². The van der Waals surface area contributed by atoms with Crippen molar-refractivity contribution >= 4 is 64.6 Å². The molecule has 0 N–H and O–H groups in total. The summed E-state index contributed by atoms with van der Waals surface area (Å²) in [6.07, 6.45) is 16.0. The zero-order valence-corrected chi connectivity index (χ0v) is 37.1. The maximum atomic E-state index is 14.3. The number of rotatable bonds is 14. The summed E-state index contributed by atoms with van der Waals surface area (Å²) in [6.45, 7) is 19.3. The molecule has 4 atom stereocenters. The number of ether oxygens (including phenoxy) is 2. The normalized spacial score (nSPS) is 22.4. The van der Waals surface area contributed by atoms with Gasteiger partial charge < -0.3 is 29.7 Å². The number of hydrogen-bond donors (Lipinski definition) is 0. The van der Waals surface area contributed by atoms with Gasteiger partial charge in [-0.25, -0.2) is 0 Å². The molecule has 3 aromatic rings. The number of Topliss-reactive ketones (excluding diaryl/α,β-unsaturated/α-hetero) is 1. The molecule has 3 aromatic heterocycles. The molecule has 10 heteroatoms. The number of aromatic nitrogens is 3. The molecule has 57 heavy (non-hydrogen) atoms. The van der Waals surface area contributed by atoms with Gasteiger partial charge in [0.1, 0.15) is 12.5 Å². The van der Waals surface area contributed by atoms with Crippen LogP contribution in [0.15, 0.2) is 23.0 Å². The van der Waals surface area contributed by atoms with Gasteiger partial charge in [0.2, 0.25) is 0 Å². The van der Waals surface area contributed by atoms with Gasteiger partial charge in [0.05, 0.1) is 7.11 Å². The minimum Gasteiger partial charge on any atom is -0.664 e. The largest absolute Gasteiger partial charge is 2.00 e. The fourth-order valence-corrected chi connectivity index (χ4v) is 8.96. The number of carbonyl (C=O) groups is 3. The van der Waals surface area contributed by atoms with E-state index in [-0.39, 0.29) is 59.7 Å². The van der Waals surface area contributed by atoms with Crippen molar-refractivity contribution in [3.63, 3.8) is 0 Å². The Morgan fingerprint density at radius 1 is 0.877 bits per heavy atom. The number of ketones is 1. The average molecular weight is 783 g/mol. The van der Waals surface area contributed by atoms with E-state index in [1.807, 2.05) is 25.2 Å². The van der Waals surface area contributed by atoms with Crippen molar-refractivity contribution in [1.29, 1.82) is 0 Å². The predicted octanol–water partition coefficient (Wildman–Crippen LogP) is 7.45. The molecule has 0 radical (unpaired) electrons. The van der Waals surface area contributed by atoms with E-state index >= 15 is 0 Å². The molecule has 0 saturated carbocycles. The van der Waals surface area contributed by atoms with Crippen LogP contribution >= 0.6 is 0 Å². The van der Waals surface area contributed by atoms with Crippen LogP contribution in [0.4, 0.5) is 0 Å². The Labute approximate surface area is 354 Å². The summed E-state index contributed by atoms with van der Waals surface area (Å²) in [5.41, 5.74) is 11.4. The van der Waals surface area contributed by atoms with Crippen molar-refractivity contribution in [2.24, 2.45) is 23.7 Å². The first-order valence-corrected chi connectivity index (χ1v) is 20.6. The minimum absolute atomic E-state index is 0. The Balaban J connectivity index is 0.00000620. The molecule has 0 spiro atoms. The van der Waals surface area contributed by atoms with Crippen molar-refractivity contribution in [2.45, 2.75) is 120 Å². The van der Waals surface area contributed by atoms with Crippen LogP contribution in [0.5, 0.6) is 0 Å². The summed E-state index contributed by atoms with van der Waals surface area (Å²) in [6, 6.07) is 0. The number of allylic oxidation sites excluding steroid dienone is 3. The van der Waals surface area contributed by atoms with Crippen LogP contribution in [0.2, 0.25) is 0 Å². The molecule has 0 aromatic carbocycles. The topological polar surface area (TPSA) is 126 Å². The molecular weight excluding hydrogens is 725 g/mol. The van der Waals surface area contributed by atoms with Crippen molar-refractivity contribution in [3.8, 4) is 0 Å². The van der Waals surface area contributed by atoms with E-state index in [2.05, 4.69) is 61.5 Å². The molecular formula is C47H58MgN4O5-2. The standard InChI is InChI=1S/C47H59N4O5.Mg/c1-11-15-25(4)16-14-17-26(5)20-21-56-40(52)19-18-33-29(8)36-22-34-27(6)31(12-2)38(48-34)23-35-28(7)32(13-3)39(49-35)24-37-30(9)41-45(51-37)42(44(33)50-36)43(46(41)53)47(54)55-10;/h20,22-25,29,33,43H,11-19,21H2,1-10H3,(H-,50,51,53);/q-3;+2/p-1/b26-20+,35-23-,36-22-,39-24-;/t25-,29+,33+,43-;/m1./s1. The molecule has 5 heterocycles. The van der Waals surface area contributed by atoms with Crippen LogP contribution < -0.4 is 25.7 Å². The molecule has 0 amide bonds. The van der Waals surface area contributed by atoms with Crippen molar-refractivity contribution < 1.29 is 23.9 Å².